The zero-order valence-electron chi connectivity index (χ0n) is 12.4. The summed E-state index contributed by atoms with van der Waals surface area (Å²) in [6.07, 6.45) is 0.0284. The van der Waals surface area contributed by atoms with Gasteiger partial charge in [0.25, 0.3) is 5.69 Å². The van der Waals surface area contributed by atoms with E-state index in [9.17, 15) is 14.9 Å². The van der Waals surface area contributed by atoms with Gasteiger partial charge in [0, 0.05) is 35.5 Å². The van der Waals surface area contributed by atoms with E-state index in [4.69, 9.17) is 16.3 Å². The Morgan fingerprint density at radius 1 is 1.30 bits per heavy atom. The van der Waals surface area contributed by atoms with Gasteiger partial charge < -0.3 is 10.1 Å². The van der Waals surface area contributed by atoms with E-state index in [0.717, 1.165) is 0 Å². The molecule has 2 aromatic carbocycles. The van der Waals surface area contributed by atoms with E-state index in [1.807, 2.05) is 0 Å². The Bertz CT molecular complexity index is 734. The average molecular weight is 335 g/mol. The number of nitro groups is 1. The van der Waals surface area contributed by atoms with Gasteiger partial charge in [0.15, 0.2) is 0 Å². The highest BCUT2D eigenvalue weighted by atomic mass is 35.5. The number of non-ortho nitro benzene ring substituents is 1. The van der Waals surface area contributed by atoms with Gasteiger partial charge in [0.1, 0.15) is 0 Å². The topological polar surface area (TPSA) is 81.5 Å². The maximum absolute atomic E-state index is 12.2. The lowest BCUT2D eigenvalue weighted by atomic mass is 10.1. The van der Waals surface area contributed by atoms with Crippen LogP contribution in [0.15, 0.2) is 42.5 Å². The van der Waals surface area contributed by atoms with Gasteiger partial charge in [0.05, 0.1) is 18.0 Å². The summed E-state index contributed by atoms with van der Waals surface area (Å²) in [4.78, 5) is 22.4. The Hall–Kier alpha value is -2.44. The van der Waals surface area contributed by atoms with Gasteiger partial charge in [0.2, 0.25) is 5.91 Å². The van der Waals surface area contributed by atoms with Crippen LogP contribution in [0.1, 0.15) is 11.1 Å². The van der Waals surface area contributed by atoms with E-state index >= 15 is 0 Å². The highest BCUT2D eigenvalue weighted by Crippen LogP contribution is 2.25. The van der Waals surface area contributed by atoms with Crippen molar-refractivity contribution in [2.75, 3.05) is 12.4 Å². The molecule has 0 unspecified atom stereocenters. The molecule has 0 heterocycles. The summed E-state index contributed by atoms with van der Waals surface area (Å²) < 4.78 is 5.08. The number of hydrogen-bond acceptors (Lipinski definition) is 4. The van der Waals surface area contributed by atoms with Crippen molar-refractivity contribution in [2.45, 2.75) is 13.0 Å². The molecule has 0 aliphatic rings. The fraction of sp³-hybridized carbons (Fsp3) is 0.188. The molecule has 23 heavy (non-hydrogen) atoms. The number of halogens is 1. The highest BCUT2D eigenvalue weighted by molar-refractivity contribution is 6.31. The van der Waals surface area contributed by atoms with Crippen molar-refractivity contribution >= 4 is 28.9 Å². The molecule has 6 nitrogen and oxygen atoms in total. The zero-order valence-corrected chi connectivity index (χ0v) is 13.2. The summed E-state index contributed by atoms with van der Waals surface area (Å²) in [5.41, 5.74) is 1.77. The third-order valence-electron chi connectivity index (χ3n) is 3.17. The molecule has 0 aromatic heterocycles. The van der Waals surface area contributed by atoms with E-state index in [1.165, 1.54) is 19.2 Å². The van der Waals surface area contributed by atoms with Gasteiger partial charge in [-0.3, -0.25) is 14.9 Å². The molecule has 1 amide bonds. The van der Waals surface area contributed by atoms with Crippen molar-refractivity contribution in [3.8, 4) is 0 Å². The first-order valence-corrected chi connectivity index (χ1v) is 7.18. The summed E-state index contributed by atoms with van der Waals surface area (Å²) in [6, 6.07) is 11.2. The lowest BCUT2D eigenvalue weighted by Gasteiger charge is -2.12. The summed E-state index contributed by atoms with van der Waals surface area (Å²) in [6.45, 7) is 0.270. The van der Waals surface area contributed by atoms with Crippen LogP contribution in [0, 0.1) is 10.1 Å². The third-order valence-corrected chi connectivity index (χ3v) is 3.52. The summed E-state index contributed by atoms with van der Waals surface area (Å²) in [5, 5.41) is 14.0. The Kier molecular flexibility index (Phi) is 5.67. The van der Waals surface area contributed by atoms with Crippen molar-refractivity contribution < 1.29 is 14.5 Å². The molecule has 0 spiro atoms. The molecular weight excluding hydrogens is 320 g/mol. The highest BCUT2D eigenvalue weighted by Gasteiger charge is 2.12. The molecule has 0 saturated heterocycles. The second-order valence-electron chi connectivity index (χ2n) is 4.85. The minimum atomic E-state index is -0.491. The van der Waals surface area contributed by atoms with Crippen molar-refractivity contribution in [1.29, 1.82) is 0 Å². The molecule has 1 N–H and O–H groups in total. The quantitative estimate of drug-likeness (QED) is 0.646. The van der Waals surface area contributed by atoms with Crippen LogP contribution in [-0.2, 0) is 22.6 Å². The smallest absolute Gasteiger partial charge is 0.269 e. The van der Waals surface area contributed by atoms with Crippen LogP contribution in [0.4, 0.5) is 11.4 Å². The van der Waals surface area contributed by atoms with Gasteiger partial charge in [-0.05, 0) is 17.7 Å². The molecule has 7 heteroatoms. The fourth-order valence-electron chi connectivity index (χ4n) is 2.13. The number of hydrogen-bond donors (Lipinski definition) is 1. The van der Waals surface area contributed by atoms with E-state index in [2.05, 4.69) is 5.32 Å². The second-order valence-corrected chi connectivity index (χ2v) is 5.26. The van der Waals surface area contributed by atoms with Crippen LogP contribution in [0.2, 0.25) is 5.02 Å². The third kappa shape index (κ3) is 4.51. The zero-order chi connectivity index (χ0) is 16.8. The monoisotopic (exact) mass is 334 g/mol. The van der Waals surface area contributed by atoms with Gasteiger partial charge in [-0.15, -0.1) is 0 Å². The van der Waals surface area contributed by atoms with Gasteiger partial charge in [-0.2, -0.15) is 0 Å². The summed E-state index contributed by atoms with van der Waals surface area (Å²) >= 11 is 6.10. The number of nitro benzene ring substituents is 1. The molecule has 0 fully saturated rings. The first-order chi connectivity index (χ1) is 11.0. The first-order valence-electron chi connectivity index (χ1n) is 6.80. The van der Waals surface area contributed by atoms with E-state index in [0.29, 0.717) is 21.8 Å². The standard InChI is InChI=1S/C16H15ClN2O4/c1-23-10-13-14(17)6-3-7-15(13)18-16(20)9-11-4-2-5-12(8-11)19(21)22/h2-8H,9-10H2,1H3,(H,18,20). The maximum Gasteiger partial charge on any atom is 0.269 e. The molecule has 0 aliphatic heterocycles. The molecular formula is C16H15ClN2O4. The molecule has 2 rings (SSSR count). The fourth-order valence-corrected chi connectivity index (χ4v) is 2.36. The normalized spacial score (nSPS) is 10.3. The van der Waals surface area contributed by atoms with E-state index in [-0.39, 0.29) is 24.6 Å². The minimum absolute atomic E-state index is 0.0284. The van der Waals surface area contributed by atoms with Crippen LogP contribution < -0.4 is 5.32 Å². The molecule has 2 aromatic rings. The van der Waals surface area contributed by atoms with Crippen molar-refractivity contribution in [1.82, 2.24) is 0 Å². The second kappa shape index (κ2) is 7.71. The Labute approximate surface area is 138 Å². The minimum Gasteiger partial charge on any atom is -0.380 e. The number of rotatable bonds is 6. The molecule has 120 valence electrons. The number of nitrogens with zero attached hydrogens (tertiary/aromatic N) is 1. The molecule has 0 radical (unpaired) electrons. The Balaban J connectivity index is 2.13. The number of anilines is 1. The number of benzene rings is 2. The summed E-state index contributed by atoms with van der Waals surface area (Å²) in [5.74, 6) is -0.287. The maximum atomic E-state index is 12.2. The lowest BCUT2D eigenvalue weighted by Crippen LogP contribution is -2.16. The number of nitrogens with one attached hydrogen (secondary N) is 1. The van der Waals surface area contributed by atoms with Crippen LogP contribution >= 0.6 is 11.6 Å². The predicted octanol–water partition coefficient (Wildman–Crippen LogP) is 3.58. The largest absolute Gasteiger partial charge is 0.380 e. The van der Waals surface area contributed by atoms with Crippen LogP contribution in [0.3, 0.4) is 0 Å². The molecule has 0 bridgehead atoms. The molecule has 0 aliphatic carbocycles. The van der Waals surface area contributed by atoms with Crippen LogP contribution in [-0.4, -0.2) is 17.9 Å². The van der Waals surface area contributed by atoms with Crippen LogP contribution in [0.25, 0.3) is 0 Å². The number of carbonyl (C=O) groups excluding carboxylic acids is 1. The molecule has 0 saturated carbocycles. The SMILES string of the molecule is COCc1c(Cl)cccc1NC(=O)Cc1cccc([N+](=O)[O-])c1. The van der Waals surface area contributed by atoms with Crippen molar-refractivity contribution in [2.24, 2.45) is 0 Å². The van der Waals surface area contributed by atoms with Gasteiger partial charge in [-0.1, -0.05) is 29.8 Å². The van der Waals surface area contributed by atoms with Crippen molar-refractivity contribution in [3.63, 3.8) is 0 Å². The number of ether oxygens (including phenoxy) is 1. The van der Waals surface area contributed by atoms with Gasteiger partial charge in [-0.25, -0.2) is 0 Å². The first kappa shape index (κ1) is 16.9. The van der Waals surface area contributed by atoms with Crippen LogP contribution in [0.5, 0.6) is 0 Å². The molecule has 0 atom stereocenters. The van der Waals surface area contributed by atoms with E-state index in [1.54, 1.807) is 30.3 Å². The Morgan fingerprint density at radius 2 is 2.04 bits per heavy atom. The number of amides is 1. The average Bonchev–Trinajstić information content (AvgIpc) is 2.51. The van der Waals surface area contributed by atoms with Crippen molar-refractivity contribution in [3.05, 3.63) is 68.7 Å². The van der Waals surface area contributed by atoms with Gasteiger partial charge >= 0.3 is 0 Å². The van der Waals surface area contributed by atoms with E-state index < -0.39 is 4.92 Å². The number of methoxy groups -OCH3 is 1. The Morgan fingerprint density at radius 3 is 2.74 bits per heavy atom. The lowest BCUT2D eigenvalue weighted by molar-refractivity contribution is -0.384. The number of carbonyl (C=O) groups is 1. The summed E-state index contributed by atoms with van der Waals surface area (Å²) in [7, 11) is 1.54. The predicted molar refractivity (Wildman–Crippen MR) is 87.6 cm³/mol.